The molecule has 0 radical (unpaired) electrons. The monoisotopic (exact) mass is 275 g/mol. The predicted molar refractivity (Wildman–Crippen MR) is 76.1 cm³/mol. The maximum absolute atomic E-state index is 12.0. The second-order valence-electron chi connectivity index (χ2n) is 5.54. The molecule has 1 unspecified atom stereocenters. The zero-order valence-electron chi connectivity index (χ0n) is 11.5. The van der Waals surface area contributed by atoms with Gasteiger partial charge in [-0.15, -0.1) is 12.4 Å². The Kier molecular flexibility index (Phi) is 6.39. The van der Waals surface area contributed by atoms with Crippen LogP contribution in [0.15, 0.2) is 0 Å². The second kappa shape index (κ2) is 7.31. The van der Waals surface area contributed by atoms with Crippen molar-refractivity contribution >= 4 is 18.3 Å². The zero-order valence-corrected chi connectivity index (χ0v) is 12.3. The van der Waals surface area contributed by atoms with Crippen LogP contribution in [0.25, 0.3) is 0 Å². The summed E-state index contributed by atoms with van der Waals surface area (Å²) in [5, 5.41) is 3.24. The summed E-state index contributed by atoms with van der Waals surface area (Å²) in [4.78, 5) is 16.3. The molecular formula is C13H26ClN3O. The molecule has 2 rings (SSSR count). The van der Waals surface area contributed by atoms with Crippen molar-refractivity contribution in [1.29, 1.82) is 0 Å². The molecule has 0 spiro atoms. The topological polar surface area (TPSA) is 35.6 Å². The van der Waals surface area contributed by atoms with Gasteiger partial charge in [0.2, 0.25) is 5.91 Å². The van der Waals surface area contributed by atoms with Crippen LogP contribution in [0.5, 0.6) is 0 Å². The fourth-order valence-corrected chi connectivity index (χ4v) is 2.72. The summed E-state index contributed by atoms with van der Waals surface area (Å²) in [5.74, 6) is 1.02. The molecule has 1 heterocycles. The summed E-state index contributed by atoms with van der Waals surface area (Å²) < 4.78 is 0. The number of hydrogen-bond acceptors (Lipinski definition) is 3. The van der Waals surface area contributed by atoms with Crippen molar-refractivity contribution in [2.24, 2.45) is 5.92 Å². The molecule has 106 valence electrons. The molecule has 4 nitrogen and oxygen atoms in total. The van der Waals surface area contributed by atoms with E-state index < -0.39 is 0 Å². The Balaban J connectivity index is 0.00000162. The number of carbonyl (C=O) groups excluding carboxylic acids is 1. The number of nitrogens with zero attached hydrogens (tertiary/aromatic N) is 2. The number of likely N-dealkylation sites (tertiary alicyclic amines) is 1. The molecule has 1 saturated heterocycles. The number of amides is 1. The molecule has 0 bridgehead atoms. The van der Waals surface area contributed by atoms with Crippen LogP contribution >= 0.6 is 12.4 Å². The number of nitrogens with one attached hydrogen (secondary N) is 1. The molecule has 1 amide bonds. The van der Waals surface area contributed by atoms with Gasteiger partial charge in [-0.2, -0.15) is 0 Å². The van der Waals surface area contributed by atoms with Crippen LogP contribution in [-0.4, -0.2) is 62.0 Å². The first-order valence-electron chi connectivity index (χ1n) is 6.83. The molecule has 1 N–H and O–H groups in total. The van der Waals surface area contributed by atoms with E-state index in [4.69, 9.17) is 0 Å². The first-order chi connectivity index (χ1) is 8.20. The SMILES string of the molecule is CNCC1CCCN(CC(=O)N(C)C2CC2)C1.Cl. The van der Waals surface area contributed by atoms with Crippen LogP contribution in [-0.2, 0) is 4.79 Å². The van der Waals surface area contributed by atoms with Gasteiger partial charge in [0.05, 0.1) is 6.54 Å². The summed E-state index contributed by atoms with van der Waals surface area (Å²) in [7, 11) is 3.96. The average molecular weight is 276 g/mol. The van der Waals surface area contributed by atoms with Gasteiger partial charge in [0.1, 0.15) is 0 Å². The minimum absolute atomic E-state index is 0. The summed E-state index contributed by atoms with van der Waals surface area (Å²) in [5.41, 5.74) is 0. The van der Waals surface area contributed by atoms with Gasteiger partial charge in [0.25, 0.3) is 0 Å². The van der Waals surface area contributed by atoms with Gasteiger partial charge >= 0.3 is 0 Å². The first-order valence-corrected chi connectivity index (χ1v) is 6.83. The Labute approximate surface area is 116 Å². The van der Waals surface area contributed by atoms with Gasteiger partial charge in [0.15, 0.2) is 0 Å². The normalized spacial score (nSPS) is 24.4. The Morgan fingerprint density at radius 1 is 1.39 bits per heavy atom. The highest BCUT2D eigenvalue weighted by atomic mass is 35.5. The molecule has 1 aliphatic heterocycles. The molecule has 2 aliphatic rings. The van der Waals surface area contributed by atoms with Crippen molar-refractivity contribution in [2.45, 2.75) is 31.7 Å². The molecule has 1 saturated carbocycles. The van der Waals surface area contributed by atoms with E-state index in [9.17, 15) is 4.79 Å². The Bertz CT molecular complexity index is 269. The lowest BCUT2D eigenvalue weighted by molar-refractivity contribution is -0.132. The Morgan fingerprint density at radius 3 is 2.72 bits per heavy atom. The van der Waals surface area contributed by atoms with E-state index >= 15 is 0 Å². The third kappa shape index (κ3) is 4.41. The highest BCUT2D eigenvalue weighted by Gasteiger charge is 2.30. The largest absolute Gasteiger partial charge is 0.342 e. The first kappa shape index (κ1) is 15.7. The summed E-state index contributed by atoms with van der Waals surface area (Å²) in [6, 6.07) is 0.542. The van der Waals surface area contributed by atoms with Gasteiger partial charge in [-0.1, -0.05) is 0 Å². The van der Waals surface area contributed by atoms with Crippen molar-refractivity contribution in [3.8, 4) is 0 Å². The fourth-order valence-electron chi connectivity index (χ4n) is 2.72. The van der Waals surface area contributed by atoms with Crippen molar-refractivity contribution in [1.82, 2.24) is 15.1 Å². The summed E-state index contributed by atoms with van der Waals surface area (Å²) in [6.45, 7) is 3.85. The third-order valence-electron chi connectivity index (χ3n) is 3.94. The van der Waals surface area contributed by atoms with Crippen LogP contribution in [0.3, 0.4) is 0 Å². The maximum atomic E-state index is 12.0. The summed E-state index contributed by atoms with van der Waals surface area (Å²) >= 11 is 0. The second-order valence-corrected chi connectivity index (χ2v) is 5.54. The highest BCUT2D eigenvalue weighted by Crippen LogP contribution is 2.25. The fraction of sp³-hybridized carbons (Fsp3) is 0.923. The molecule has 1 atom stereocenters. The number of carbonyl (C=O) groups is 1. The standard InChI is InChI=1S/C13H25N3O.ClH/c1-14-8-11-4-3-7-16(9-11)10-13(17)15(2)12-5-6-12;/h11-12,14H,3-10H2,1-2H3;1H. The number of piperidine rings is 1. The van der Waals surface area contributed by atoms with E-state index in [1.807, 2.05) is 19.0 Å². The number of rotatable bonds is 5. The maximum Gasteiger partial charge on any atom is 0.236 e. The lowest BCUT2D eigenvalue weighted by Crippen LogP contribution is -2.45. The van der Waals surface area contributed by atoms with Crippen LogP contribution in [0.1, 0.15) is 25.7 Å². The van der Waals surface area contributed by atoms with Crippen LogP contribution < -0.4 is 5.32 Å². The van der Waals surface area contributed by atoms with Gasteiger partial charge in [-0.3, -0.25) is 9.69 Å². The molecule has 18 heavy (non-hydrogen) atoms. The van der Waals surface area contributed by atoms with Gasteiger partial charge < -0.3 is 10.2 Å². The Morgan fingerprint density at radius 2 is 2.11 bits per heavy atom. The number of hydrogen-bond donors (Lipinski definition) is 1. The van der Waals surface area contributed by atoms with Crippen molar-refractivity contribution in [3.63, 3.8) is 0 Å². The van der Waals surface area contributed by atoms with E-state index in [1.54, 1.807) is 0 Å². The third-order valence-corrected chi connectivity index (χ3v) is 3.94. The van der Waals surface area contributed by atoms with Gasteiger partial charge in [-0.25, -0.2) is 0 Å². The molecule has 2 fully saturated rings. The molecular weight excluding hydrogens is 250 g/mol. The minimum atomic E-state index is 0. The van der Waals surface area contributed by atoms with Crippen molar-refractivity contribution in [3.05, 3.63) is 0 Å². The van der Waals surface area contributed by atoms with Crippen LogP contribution in [0, 0.1) is 5.92 Å². The number of likely N-dealkylation sites (N-methyl/N-ethyl adjacent to an activating group) is 1. The van der Waals surface area contributed by atoms with Crippen LogP contribution in [0.2, 0.25) is 0 Å². The van der Waals surface area contributed by atoms with Gasteiger partial charge in [0, 0.05) is 19.6 Å². The lowest BCUT2D eigenvalue weighted by Gasteiger charge is -2.33. The minimum Gasteiger partial charge on any atom is -0.342 e. The molecule has 0 aromatic rings. The predicted octanol–water partition coefficient (Wildman–Crippen LogP) is 0.960. The van der Waals surface area contributed by atoms with Crippen molar-refractivity contribution < 1.29 is 4.79 Å². The van der Waals surface area contributed by atoms with E-state index in [-0.39, 0.29) is 12.4 Å². The average Bonchev–Trinajstić information content (AvgIpc) is 3.13. The van der Waals surface area contributed by atoms with E-state index in [2.05, 4.69) is 10.2 Å². The van der Waals surface area contributed by atoms with E-state index in [0.29, 0.717) is 24.4 Å². The molecule has 0 aromatic heterocycles. The highest BCUT2D eigenvalue weighted by molar-refractivity contribution is 5.85. The molecule has 5 heteroatoms. The smallest absolute Gasteiger partial charge is 0.236 e. The quantitative estimate of drug-likeness (QED) is 0.812. The lowest BCUT2D eigenvalue weighted by atomic mass is 9.98. The number of halogens is 1. The zero-order chi connectivity index (χ0) is 12.3. The van der Waals surface area contributed by atoms with Crippen LogP contribution in [0.4, 0.5) is 0 Å². The van der Waals surface area contributed by atoms with E-state index in [1.165, 1.54) is 25.7 Å². The van der Waals surface area contributed by atoms with E-state index in [0.717, 1.165) is 19.6 Å². The van der Waals surface area contributed by atoms with Gasteiger partial charge in [-0.05, 0) is 51.7 Å². The Hall–Kier alpha value is -0.320. The summed E-state index contributed by atoms with van der Waals surface area (Å²) in [6.07, 6.45) is 4.92. The van der Waals surface area contributed by atoms with Crippen molar-refractivity contribution in [2.75, 3.05) is 40.3 Å². The molecule has 0 aromatic carbocycles. The molecule has 1 aliphatic carbocycles.